The van der Waals surface area contributed by atoms with Crippen LogP contribution in [0.25, 0.3) is 0 Å². The monoisotopic (exact) mass is 229 g/mol. The lowest BCUT2D eigenvalue weighted by molar-refractivity contribution is -0.0666. The zero-order chi connectivity index (χ0) is 12.2. The number of nitrogens with one attached hydrogen (secondary N) is 1. The first kappa shape index (κ1) is 13.9. The summed E-state index contributed by atoms with van der Waals surface area (Å²) in [4.78, 5) is 0. The van der Waals surface area contributed by atoms with Gasteiger partial charge in [-0.3, -0.25) is 0 Å². The summed E-state index contributed by atoms with van der Waals surface area (Å²) >= 11 is 0. The second-order valence-corrected chi connectivity index (χ2v) is 5.52. The second-order valence-electron chi connectivity index (χ2n) is 5.52. The molecule has 0 heterocycles. The van der Waals surface area contributed by atoms with Gasteiger partial charge in [0.25, 0.3) is 0 Å². The van der Waals surface area contributed by atoms with Gasteiger partial charge in [0.1, 0.15) is 0 Å². The molecular weight excluding hydrogens is 202 g/mol. The average Bonchev–Trinajstić information content (AvgIpc) is 3.08. The van der Waals surface area contributed by atoms with Crippen LogP contribution in [-0.4, -0.2) is 36.0 Å². The molecule has 1 unspecified atom stereocenters. The van der Waals surface area contributed by atoms with Crippen LogP contribution in [0.1, 0.15) is 47.0 Å². The summed E-state index contributed by atoms with van der Waals surface area (Å²) in [5, 5.41) is 13.1. The molecule has 96 valence electrons. The zero-order valence-electron chi connectivity index (χ0n) is 11.2. The second kappa shape index (κ2) is 5.48. The molecular formula is C13H27NO2. The predicted octanol–water partition coefficient (Wildman–Crippen LogP) is 1.94. The van der Waals surface area contributed by atoms with E-state index in [0.717, 1.165) is 13.0 Å². The highest BCUT2D eigenvalue weighted by Gasteiger charge is 2.45. The van der Waals surface area contributed by atoms with E-state index in [1.807, 2.05) is 0 Å². The molecule has 1 saturated carbocycles. The molecule has 16 heavy (non-hydrogen) atoms. The maximum absolute atomic E-state index is 9.65. The summed E-state index contributed by atoms with van der Waals surface area (Å²) in [5.41, 5.74) is -0.300. The highest BCUT2D eigenvalue weighted by atomic mass is 16.5. The fourth-order valence-corrected chi connectivity index (χ4v) is 1.96. The maximum atomic E-state index is 9.65. The van der Waals surface area contributed by atoms with E-state index < -0.39 is 0 Å². The van der Waals surface area contributed by atoms with Crippen molar-refractivity contribution < 1.29 is 9.84 Å². The maximum Gasteiger partial charge on any atom is 0.0680 e. The number of likely N-dealkylation sites (N-methyl/N-ethyl adjacent to an activating group) is 1. The van der Waals surface area contributed by atoms with Crippen molar-refractivity contribution in [1.82, 2.24) is 5.32 Å². The molecule has 2 N–H and O–H groups in total. The zero-order valence-corrected chi connectivity index (χ0v) is 11.2. The quantitative estimate of drug-likeness (QED) is 0.668. The first-order chi connectivity index (χ1) is 7.49. The van der Waals surface area contributed by atoms with Gasteiger partial charge < -0.3 is 15.2 Å². The van der Waals surface area contributed by atoms with E-state index in [9.17, 15) is 5.11 Å². The van der Waals surface area contributed by atoms with Crippen LogP contribution >= 0.6 is 0 Å². The third-order valence-corrected chi connectivity index (χ3v) is 3.74. The minimum Gasteiger partial charge on any atom is -0.394 e. The van der Waals surface area contributed by atoms with Gasteiger partial charge in [-0.15, -0.1) is 0 Å². The van der Waals surface area contributed by atoms with Crippen molar-refractivity contribution in [3.8, 4) is 0 Å². The lowest BCUT2D eigenvalue weighted by atomic mass is 9.94. The van der Waals surface area contributed by atoms with Crippen molar-refractivity contribution in [2.75, 3.05) is 19.8 Å². The van der Waals surface area contributed by atoms with Crippen molar-refractivity contribution in [3.05, 3.63) is 0 Å². The molecule has 1 aliphatic rings. The van der Waals surface area contributed by atoms with E-state index in [1.165, 1.54) is 12.8 Å². The summed E-state index contributed by atoms with van der Waals surface area (Å²) in [6.07, 6.45) is 3.41. The molecule has 1 fully saturated rings. The molecule has 0 radical (unpaired) electrons. The molecule has 1 rings (SSSR count). The standard InChI is InChI=1S/C13H27NO2/c1-5-12(3,4)16-10-13(9-15,14-6-2)11-7-8-11/h11,14-15H,5-10H2,1-4H3. The van der Waals surface area contributed by atoms with Gasteiger partial charge in [-0.25, -0.2) is 0 Å². The molecule has 3 heteroatoms. The molecule has 1 aliphatic carbocycles. The number of rotatable bonds is 8. The van der Waals surface area contributed by atoms with Crippen LogP contribution in [0.5, 0.6) is 0 Å². The first-order valence-corrected chi connectivity index (χ1v) is 6.49. The molecule has 0 amide bonds. The smallest absolute Gasteiger partial charge is 0.0680 e. The number of aliphatic hydroxyl groups excluding tert-OH is 1. The van der Waals surface area contributed by atoms with Crippen molar-refractivity contribution in [2.45, 2.75) is 58.1 Å². The molecule has 3 nitrogen and oxygen atoms in total. The Labute approximate surface area is 99.6 Å². The van der Waals surface area contributed by atoms with Gasteiger partial charge in [-0.2, -0.15) is 0 Å². The topological polar surface area (TPSA) is 41.5 Å². The molecule has 0 aliphatic heterocycles. The van der Waals surface area contributed by atoms with E-state index in [-0.39, 0.29) is 17.7 Å². The first-order valence-electron chi connectivity index (χ1n) is 6.49. The molecule has 0 saturated heterocycles. The van der Waals surface area contributed by atoms with Crippen LogP contribution in [-0.2, 0) is 4.74 Å². The van der Waals surface area contributed by atoms with Gasteiger partial charge in [0, 0.05) is 0 Å². The molecule has 0 aromatic carbocycles. The predicted molar refractivity (Wildman–Crippen MR) is 66.5 cm³/mol. The number of aliphatic hydroxyl groups is 1. The SMILES string of the molecule is CCNC(CO)(COC(C)(C)CC)C1CC1. The third kappa shape index (κ3) is 3.44. The summed E-state index contributed by atoms with van der Waals surface area (Å²) in [6.45, 7) is 10.1. The average molecular weight is 229 g/mol. The molecule has 1 atom stereocenters. The van der Waals surface area contributed by atoms with Gasteiger partial charge in [-0.1, -0.05) is 13.8 Å². The van der Waals surface area contributed by atoms with E-state index in [4.69, 9.17) is 4.74 Å². The minimum atomic E-state index is -0.207. The Balaban J connectivity index is 2.56. The fourth-order valence-electron chi connectivity index (χ4n) is 1.96. The molecule has 0 bridgehead atoms. The van der Waals surface area contributed by atoms with Crippen LogP contribution in [0.4, 0.5) is 0 Å². The van der Waals surface area contributed by atoms with Gasteiger partial charge in [0.15, 0.2) is 0 Å². The van der Waals surface area contributed by atoms with Gasteiger partial charge in [-0.05, 0) is 45.6 Å². The lowest BCUT2D eigenvalue weighted by Crippen LogP contribution is -2.55. The number of hydrogen-bond donors (Lipinski definition) is 2. The van der Waals surface area contributed by atoms with Crippen molar-refractivity contribution in [1.29, 1.82) is 0 Å². The molecule has 0 aromatic heterocycles. The van der Waals surface area contributed by atoms with Crippen LogP contribution < -0.4 is 5.32 Å². The molecule has 0 aromatic rings. The van der Waals surface area contributed by atoms with Crippen molar-refractivity contribution in [2.24, 2.45) is 5.92 Å². The normalized spacial score (nSPS) is 20.8. The van der Waals surface area contributed by atoms with Gasteiger partial charge >= 0.3 is 0 Å². The summed E-state index contributed by atoms with van der Waals surface area (Å²) in [7, 11) is 0. The van der Waals surface area contributed by atoms with Gasteiger partial charge in [0.2, 0.25) is 0 Å². The minimum absolute atomic E-state index is 0.0925. The summed E-state index contributed by atoms with van der Waals surface area (Å²) in [6, 6.07) is 0. The lowest BCUT2D eigenvalue weighted by Gasteiger charge is -2.36. The Kier molecular flexibility index (Phi) is 4.77. The third-order valence-electron chi connectivity index (χ3n) is 3.74. The van der Waals surface area contributed by atoms with Crippen LogP contribution in [0.2, 0.25) is 0 Å². The highest BCUT2D eigenvalue weighted by Crippen LogP contribution is 2.40. The Hall–Kier alpha value is -0.120. The fraction of sp³-hybridized carbons (Fsp3) is 1.00. The van der Waals surface area contributed by atoms with Gasteiger partial charge in [0.05, 0.1) is 24.4 Å². The Morgan fingerprint density at radius 2 is 1.94 bits per heavy atom. The van der Waals surface area contributed by atoms with Crippen LogP contribution in [0, 0.1) is 5.92 Å². The van der Waals surface area contributed by atoms with Crippen LogP contribution in [0.3, 0.4) is 0 Å². The Morgan fingerprint density at radius 3 is 2.31 bits per heavy atom. The number of hydrogen-bond acceptors (Lipinski definition) is 3. The molecule has 0 spiro atoms. The largest absolute Gasteiger partial charge is 0.394 e. The van der Waals surface area contributed by atoms with Crippen molar-refractivity contribution >= 4 is 0 Å². The Morgan fingerprint density at radius 1 is 1.31 bits per heavy atom. The highest BCUT2D eigenvalue weighted by molar-refractivity contribution is 5.01. The number of ether oxygens (including phenoxy) is 1. The van der Waals surface area contributed by atoms with E-state index in [0.29, 0.717) is 12.5 Å². The van der Waals surface area contributed by atoms with Crippen molar-refractivity contribution in [3.63, 3.8) is 0 Å². The summed E-state index contributed by atoms with van der Waals surface area (Å²) < 4.78 is 5.97. The summed E-state index contributed by atoms with van der Waals surface area (Å²) in [5.74, 6) is 0.588. The van der Waals surface area contributed by atoms with E-state index in [2.05, 4.69) is 33.0 Å². The van der Waals surface area contributed by atoms with Crippen LogP contribution in [0.15, 0.2) is 0 Å². The van der Waals surface area contributed by atoms with E-state index in [1.54, 1.807) is 0 Å². The van der Waals surface area contributed by atoms with E-state index >= 15 is 0 Å². The Bertz CT molecular complexity index is 214.